The number of benzene rings is 1. The molecule has 2 N–H and O–H groups in total. The van der Waals surface area contributed by atoms with Gasteiger partial charge < -0.3 is 5.73 Å². The third kappa shape index (κ3) is 1.73. The van der Waals surface area contributed by atoms with Crippen LogP contribution in [0.2, 0.25) is 0 Å². The maximum atomic E-state index is 7.62. The van der Waals surface area contributed by atoms with Crippen molar-refractivity contribution in [2.24, 2.45) is 0 Å². The van der Waals surface area contributed by atoms with Crippen molar-refractivity contribution in [3.63, 3.8) is 0 Å². The third-order valence-electron chi connectivity index (χ3n) is 1.84. The maximum Gasteiger partial charge on any atom is 0.0349 e. The van der Waals surface area contributed by atoms with Crippen LogP contribution in [0.3, 0.4) is 0 Å². The molecule has 1 heteroatoms. The van der Waals surface area contributed by atoms with E-state index in [1.54, 1.807) is 0 Å². The van der Waals surface area contributed by atoms with Crippen molar-refractivity contribution in [1.82, 2.24) is 0 Å². The molecule has 60 valence electrons. The van der Waals surface area contributed by atoms with Gasteiger partial charge in [0.05, 0.1) is 0 Å². The second-order valence-electron chi connectivity index (χ2n) is 2.65. The highest BCUT2D eigenvalue weighted by Gasteiger charge is 2.04. The monoisotopic (exact) mass is 151 g/mol. The summed E-state index contributed by atoms with van der Waals surface area (Å²) < 4.78 is 14.7. The molecule has 1 aromatic rings. The lowest BCUT2D eigenvalue weighted by atomic mass is 9.97. The summed E-state index contributed by atoms with van der Waals surface area (Å²) in [4.78, 5) is 0. The molecule has 1 aromatic carbocycles. The number of hydrogen-bond acceptors (Lipinski definition) is 1. The van der Waals surface area contributed by atoms with Gasteiger partial charge in [-0.25, -0.2) is 0 Å². The van der Waals surface area contributed by atoms with Crippen molar-refractivity contribution >= 4 is 5.69 Å². The smallest absolute Gasteiger partial charge is 0.0349 e. The molecular formula is C10H15N. The van der Waals surface area contributed by atoms with Gasteiger partial charge in [0.2, 0.25) is 0 Å². The molecule has 11 heavy (non-hydrogen) atoms. The maximum absolute atomic E-state index is 7.62. The predicted molar refractivity (Wildman–Crippen MR) is 49.6 cm³/mol. The molecule has 0 radical (unpaired) electrons. The zero-order valence-electron chi connectivity index (χ0n) is 8.75. The van der Waals surface area contributed by atoms with E-state index in [2.05, 4.69) is 0 Å². The average Bonchev–Trinajstić information content (AvgIpc) is 2.16. The van der Waals surface area contributed by atoms with Crippen molar-refractivity contribution in [1.29, 1.82) is 0 Å². The van der Waals surface area contributed by atoms with Crippen LogP contribution in [0.5, 0.6) is 0 Å². The number of nitrogen functional groups attached to an aromatic ring is 1. The van der Waals surface area contributed by atoms with E-state index in [1.165, 1.54) is 0 Å². The van der Waals surface area contributed by atoms with Gasteiger partial charge in [-0.2, -0.15) is 0 Å². The van der Waals surface area contributed by atoms with Gasteiger partial charge in [-0.15, -0.1) is 0 Å². The summed E-state index contributed by atoms with van der Waals surface area (Å²) in [5, 5.41) is 0. The van der Waals surface area contributed by atoms with Gasteiger partial charge in [0.25, 0.3) is 0 Å². The molecule has 1 nitrogen and oxygen atoms in total. The van der Waals surface area contributed by atoms with Crippen LogP contribution < -0.4 is 5.73 Å². The third-order valence-corrected chi connectivity index (χ3v) is 1.84. The lowest BCUT2D eigenvalue weighted by Crippen LogP contribution is -1.97. The van der Waals surface area contributed by atoms with E-state index in [9.17, 15) is 0 Å². The van der Waals surface area contributed by atoms with Crippen molar-refractivity contribution < 1.29 is 2.74 Å². The number of para-hydroxylation sites is 1. The van der Waals surface area contributed by atoms with Gasteiger partial charge in [-0.3, -0.25) is 0 Å². The first-order valence-corrected chi connectivity index (χ1v) is 3.72. The minimum atomic E-state index is -0.385. The molecule has 0 saturated carbocycles. The molecule has 0 fully saturated rings. The average molecular weight is 151 g/mol. The van der Waals surface area contributed by atoms with Crippen LogP contribution in [-0.4, -0.2) is 0 Å². The zero-order chi connectivity index (χ0) is 9.84. The van der Waals surface area contributed by atoms with Crippen molar-refractivity contribution in [2.75, 3.05) is 5.73 Å². The fourth-order valence-corrected chi connectivity index (χ4v) is 1.05. The summed E-state index contributed by atoms with van der Waals surface area (Å²) in [6.07, 6.45) is -0.385. The van der Waals surface area contributed by atoms with E-state index in [4.69, 9.17) is 8.48 Å². The molecule has 0 spiro atoms. The van der Waals surface area contributed by atoms with Crippen LogP contribution in [0.25, 0.3) is 0 Å². The fourth-order valence-electron chi connectivity index (χ4n) is 1.05. The molecule has 0 saturated heterocycles. The Morgan fingerprint density at radius 2 is 2.36 bits per heavy atom. The number of rotatable bonds is 2. The first-order chi connectivity index (χ1) is 6.16. The summed E-state index contributed by atoms with van der Waals surface area (Å²) in [5.41, 5.74) is 7.47. The van der Waals surface area contributed by atoms with Gasteiger partial charge in [-0.05, 0) is 23.9 Å². The van der Waals surface area contributed by atoms with Crippen LogP contribution in [0, 0.1) is 0 Å². The van der Waals surface area contributed by atoms with E-state index < -0.39 is 0 Å². The Hall–Kier alpha value is -0.980. The molecule has 0 heterocycles. The number of nitrogens with two attached hydrogens (primary N) is 1. The van der Waals surface area contributed by atoms with Gasteiger partial charge in [-0.1, -0.05) is 32.0 Å². The predicted octanol–water partition coefficient (Wildman–Crippen LogP) is 2.78. The van der Waals surface area contributed by atoms with E-state index >= 15 is 0 Å². The van der Waals surface area contributed by atoms with E-state index in [0.29, 0.717) is 0 Å². The van der Waals surface area contributed by atoms with Crippen LogP contribution >= 0.6 is 0 Å². The molecule has 0 aliphatic rings. The lowest BCUT2D eigenvalue weighted by molar-refractivity contribution is 0.736. The minimum absolute atomic E-state index is 0.0405. The van der Waals surface area contributed by atoms with Crippen molar-refractivity contribution in [3.8, 4) is 0 Å². The number of hydrogen-bond donors (Lipinski definition) is 1. The van der Waals surface area contributed by atoms with Gasteiger partial charge in [0, 0.05) is 8.43 Å². The van der Waals surface area contributed by atoms with Crippen LogP contribution in [-0.2, 0) is 0 Å². The molecule has 0 aliphatic carbocycles. The van der Waals surface area contributed by atoms with Crippen LogP contribution in [0.4, 0.5) is 5.69 Å². The first-order valence-electron chi connectivity index (χ1n) is 5.01. The van der Waals surface area contributed by atoms with E-state index in [0.717, 1.165) is 11.3 Å². The van der Waals surface area contributed by atoms with Crippen molar-refractivity contribution in [2.45, 2.75) is 26.1 Å². The lowest BCUT2D eigenvalue weighted by Gasteiger charge is -2.10. The Balaban J connectivity index is 2.88. The van der Waals surface area contributed by atoms with Crippen LogP contribution in [0.1, 0.15) is 34.4 Å². The second kappa shape index (κ2) is 3.42. The highest BCUT2D eigenvalue weighted by atomic mass is 14.6. The summed E-state index contributed by atoms with van der Waals surface area (Å²) in [5.74, 6) is 0.0405. The Bertz CT molecular complexity index is 275. The highest BCUT2D eigenvalue weighted by molar-refractivity contribution is 5.47. The number of anilines is 1. The minimum Gasteiger partial charge on any atom is -0.398 e. The van der Waals surface area contributed by atoms with E-state index in [1.807, 2.05) is 31.2 Å². The van der Waals surface area contributed by atoms with Crippen LogP contribution in [0.15, 0.2) is 24.3 Å². The fraction of sp³-hybridized carbons (Fsp3) is 0.400. The summed E-state index contributed by atoms with van der Waals surface area (Å²) in [7, 11) is 0. The SMILES string of the molecule is [2H]CC([2H])C(C)c1ccccc1N. The molecule has 0 bridgehead atoms. The molecule has 1 rings (SSSR count). The molecule has 2 atom stereocenters. The molecule has 0 amide bonds. The summed E-state index contributed by atoms with van der Waals surface area (Å²) >= 11 is 0. The Labute approximate surface area is 71.0 Å². The van der Waals surface area contributed by atoms with Crippen molar-refractivity contribution in [3.05, 3.63) is 29.8 Å². The first kappa shape index (κ1) is 5.64. The molecule has 0 aromatic heterocycles. The molecule has 2 unspecified atom stereocenters. The molecule has 0 aliphatic heterocycles. The van der Waals surface area contributed by atoms with Gasteiger partial charge in [0.15, 0.2) is 0 Å². The quantitative estimate of drug-likeness (QED) is 0.646. The highest BCUT2D eigenvalue weighted by Crippen LogP contribution is 2.23. The summed E-state index contributed by atoms with van der Waals surface area (Å²) in [6, 6.07) is 7.56. The molecular weight excluding hydrogens is 134 g/mol. The normalized spacial score (nSPS) is 18.3. The Kier molecular flexibility index (Phi) is 1.76. The Morgan fingerprint density at radius 1 is 1.64 bits per heavy atom. The largest absolute Gasteiger partial charge is 0.398 e. The van der Waals surface area contributed by atoms with E-state index in [-0.39, 0.29) is 19.2 Å². The van der Waals surface area contributed by atoms with Gasteiger partial charge >= 0.3 is 0 Å². The standard InChI is InChI=1S/C10H15N/c1-3-8(2)9-6-4-5-7-10(9)11/h4-8H,3,11H2,1-2H3/i1D,3D. The second-order valence-corrected chi connectivity index (χ2v) is 2.65. The van der Waals surface area contributed by atoms with Gasteiger partial charge in [0.1, 0.15) is 0 Å². The summed E-state index contributed by atoms with van der Waals surface area (Å²) in [6.45, 7) is 2.06. The Morgan fingerprint density at radius 3 is 3.00 bits per heavy atom. The zero-order valence-corrected chi connectivity index (χ0v) is 6.75. The topological polar surface area (TPSA) is 26.0 Å².